The van der Waals surface area contributed by atoms with Gasteiger partial charge in [-0.3, -0.25) is 10.00 Å². The summed E-state index contributed by atoms with van der Waals surface area (Å²) in [7, 11) is 1.79. The molecule has 1 aromatic heterocycles. The van der Waals surface area contributed by atoms with Gasteiger partial charge in [0.1, 0.15) is 0 Å². The van der Waals surface area contributed by atoms with Crippen molar-refractivity contribution in [1.82, 2.24) is 19.9 Å². The average molecular weight is 332 g/mol. The van der Waals surface area contributed by atoms with Crippen molar-refractivity contribution in [2.24, 2.45) is 7.05 Å². The minimum Gasteiger partial charge on any atom is -0.320 e. The molecular formula is C16H18ClN5O. The van der Waals surface area contributed by atoms with Crippen LogP contribution in [-0.2, 0) is 7.05 Å². The lowest BCUT2D eigenvalue weighted by atomic mass is 10.00. The van der Waals surface area contributed by atoms with Gasteiger partial charge in [0, 0.05) is 25.2 Å². The van der Waals surface area contributed by atoms with Crippen LogP contribution in [0.4, 0.5) is 10.6 Å². The van der Waals surface area contributed by atoms with E-state index in [2.05, 4.69) is 21.7 Å². The molecule has 2 amide bonds. The van der Waals surface area contributed by atoms with Crippen molar-refractivity contribution < 1.29 is 4.79 Å². The second kappa shape index (κ2) is 6.42. The van der Waals surface area contributed by atoms with E-state index < -0.39 is 0 Å². The smallest absolute Gasteiger partial charge is 0.320 e. The van der Waals surface area contributed by atoms with Gasteiger partial charge >= 0.3 is 6.03 Å². The lowest BCUT2D eigenvalue weighted by Gasteiger charge is -2.26. The molecule has 0 saturated carbocycles. The highest BCUT2D eigenvalue weighted by Crippen LogP contribution is 2.25. The van der Waals surface area contributed by atoms with Gasteiger partial charge in [-0.05, 0) is 36.6 Å². The van der Waals surface area contributed by atoms with Crippen molar-refractivity contribution in [3.8, 4) is 0 Å². The summed E-state index contributed by atoms with van der Waals surface area (Å²) < 4.78 is 1.63. The number of carbonyl (C=O) groups is 1. The Hall–Kier alpha value is -2.34. The number of nitrogens with zero attached hydrogens (tertiary/aromatic N) is 4. The molecule has 0 aliphatic carbocycles. The molecular weight excluding hydrogens is 314 g/mol. The zero-order valence-electron chi connectivity index (χ0n) is 13.1. The van der Waals surface area contributed by atoms with Crippen LogP contribution >= 0.6 is 11.6 Å². The maximum absolute atomic E-state index is 12.3. The molecule has 0 bridgehead atoms. The number of urea groups is 1. The second-order valence-electron chi connectivity index (χ2n) is 5.51. The van der Waals surface area contributed by atoms with Gasteiger partial charge in [-0.15, -0.1) is 5.10 Å². The largest absolute Gasteiger partial charge is 0.323 e. The molecule has 0 atom stereocenters. The molecule has 1 aliphatic rings. The Bertz CT molecular complexity index is 768. The molecule has 7 heteroatoms. The SMILES string of the molecule is Cc1c(NC(=O)N2CC=C(c3cccc(Cl)c3)CC2)nnn1C. The lowest BCUT2D eigenvalue weighted by molar-refractivity contribution is 0.217. The molecule has 120 valence electrons. The molecule has 1 aliphatic heterocycles. The summed E-state index contributed by atoms with van der Waals surface area (Å²) in [6.07, 6.45) is 2.87. The van der Waals surface area contributed by atoms with Crippen LogP contribution in [0.2, 0.25) is 5.02 Å². The lowest BCUT2D eigenvalue weighted by Crippen LogP contribution is -2.38. The number of halogens is 1. The Morgan fingerprint density at radius 3 is 2.83 bits per heavy atom. The van der Waals surface area contributed by atoms with Crippen LogP contribution in [0, 0.1) is 6.92 Å². The Balaban J connectivity index is 1.66. The number of carbonyl (C=O) groups excluding carboxylic acids is 1. The number of anilines is 1. The Labute approximate surface area is 139 Å². The number of aryl methyl sites for hydroxylation is 1. The van der Waals surface area contributed by atoms with Crippen molar-refractivity contribution in [1.29, 1.82) is 0 Å². The molecule has 6 nitrogen and oxygen atoms in total. The summed E-state index contributed by atoms with van der Waals surface area (Å²) in [5.41, 5.74) is 3.15. The van der Waals surface area contributed by atoms with Crippen LogP contribution in [-0.4, -0.2) is 39.0 Å². The number of hydrogen-bond donors (Lipinski definition) is 1. The molecule has 0 fully saturated rings. The predicted molar refractivity (Wildman–Crippen MR) is 90.4 cm³/mol. The average Bonchev–Trinajstić information content (AvgIpc) is 2.87. The van der Waals surface area contributed by atoms with Crippen molar-refractivity contribution in [3.63, 3.8) is 0 Å². The summed E-state index contributed by atoms with van der Waals surface area (Å²) in [6.45, 7) is 3.08. The van der Waals surface area contributed by atoms with Crippen molar-refractivity contribution >= 4 is 29.0 Å². The molecule has 1 N–H and O–H groups in total. The Morgan fingerprint density at radius 2 is 2.22 bits per heavy atom. The van der Waals surface area contributed by atoms with E-state index in [0.29, 0.717) is 18.9 Å². The van der Waals surface area contributed by atoms with Crippen LogP contribution < -0.4 is 5.32 Å². The summed E-state index contributed by atoms with van der Waals surface area (Å²) in [6, 6.07) is 7.63. The highest BCUT2D eigenvalue weighted by Gasteiger charge is 2.19. The van der Waals surface area contributed by atoms with Gasteiger partial charge in [-0.2, -0.15) is 0 Å². The fourth-order valence-corrected chi connectivity index (χ4v) is 2.69. The highest BCUT2D eigenvalue weighted by atomic mass is 35.5. The molecule has 0 saturated heterocycles. The number of hydrogen-bond acceptors (Lipinski definition) is 3. The van der Waals surface area contributed by atoms with E-state index in [9.17, 15) is 4.79 Å². The van der Waals surface area contributed by atoms with Crippen molar-refractivity contribution in [3.05, 3.63) is 46.6 Å². The van der Waals surface area contributed by atoms with Crippen LogP contribution in [0.5, 0.6) is 0 Å². The third kappa shape index (κ3) is 3.37. The first kappa shape index (κ1) is 15.6. The van der Waals surface area contributed by atoms with Gasteiger partial charge in [-0.25, -0.2) is 4.79 Å². The molecule has 2 heterocycles. The van der Waals surface area contributed by atoms with Crippen molar-refractivity contribution in [2.45, 2.75) is 13.3 Å². The zero-order chi connectivity index (χ0) is 16.4. The van der Waals surface area contributed by atoms with Gasteiger partial charge in [0.15, 0.2) is 5.82 Å². The van der Waals surface area contributed by atoms with E-state index in [4.69, 9.17) is 11.6 Å². The molecule has 0 radical (unpaired) electrons. The quantitative estimate of drug-likeness (QED) is 0.919. The first-order chi connectivity index (χ1) is 11.0. The maximum Gasteiger partial charge on any atom is 0.323 e. The zero-order valence-corrected chi connectivity index (χ0v) is 13.8. The second-order valence-corrected chi connectivity index (χ2v) is 5.95. The summed E-state index contributed by atoms with van der Waals surface area (Å²) in [5.74, 6) is 0.502. The number of amides is 2. The van der Waals surface area contributed by atoms with E-state index in [0.717, 1.165) is 22.7 Å². The van der Waals surface area contributed by atoms with Crippen molar-refractivity contribution in [2.75, 3.05) is 18.4 Å². The number of nitrogens with one attached hydrogen (secondary N) is 1. The van der Waals surface area contributed by atoms with Crippen LogP contribution in [0.15, 0.2) is 30.3 Å². The first-order valence-corrected chi connectivity index (χ1v) is 7.79. The van der Waals surface area contributed by atoms with Crippen LogP contribution in [0.1, 0.15) is 17.7 Å². The minimum absolute atomic E-state index is 0.157. The Morgan fingerprint density at radius 1 is 1.39 bits per heavy atom. The van der Waals surface area contributed by atoms with E-state index >= 15 is 0 Å². The third-order valence-electron chi connectivity index (χ3n) is 4.02. The van der Waals surface area contributed by atoms with Gasteiger partial charge in [0.25, 0.3) is 0 Å². The van der Waals surface area contributed by atoms with Gasteiger partial charge < -0.3 is 4.90 Å². The predicted octanol–water partition coefficient (Wildman–Crippen LogP) is 3.10. The van der Waals surface area contributed by atoms with E-state index in [-0.39, 0.29) is 6.03 Å². The van der Waals surface area contributed by atoms with Gasteiger partial charge in [0.05, 0.1) is 5.69 Å². The van der Waals surface area contributed by atoms with Gasteiger partial charge in [-0.1, -0.05) is 35.0 Å². The number of rotatable bonds is 2. The summed E-state index contributed by atoms with van der Waals surface area (Å²) in [4.78, 5) is 14.1. The molecule has 1 aromatic carbocycles. The van der Waals surface area contributed by atoms with Gasteiger partial charge in [0.2, 0.25) is 0 Å². The minimum atomic E-state index is -0.157. The fourth-order valence-electron chi connectivity index (χ4n) is 2.50. The highest BCUT2D eigenvalue weighted by molar-refractivity contribution is 6.30. The monoisotopic (exact) mass is 331 g/mol. The molecule has 0 spiro atoms. The molecule has 3 rings (SSSR count). The summed E-state index contributed by atoms with van der Waals surface area (Å²) >= 11 is 6.03. The van der Waals surface area contributed by atoms with Crippen LogP contribution in [0.25, 0.3) is 5.57 Å². The fraction of sp³-hybridized carbons (Fsp3) is 0.312. The number of aromatic nitrogens is 3. The molecule has 2 aromatic rings. The van der Waals surface area contributed by atoms with E-state index in [1.165, 1.54) is 5.57 Å². The standard InChI is InChI=1S/C16H18ClN5O/c1-11-15(19-20-21(11)2)18-16(23)22-8-6-12(7-9-22)13-4-3-5-14(17)10-13/h3-6,10H,7-9H2,1-2H3,(H,18,23). The number of benzene rings is 1. The van der Waals surface area contributed by atoms with Crippen LogP contribution in [0.3, 0.4) is 0 Å². The Kier molecular flexibility index (Phi) is 4.34. The normalized spacial score (nSPS) is 14.6. The summed E-state index contributed by atoms with van der Waals surface area (Å²) in [5, 5.41) is 11.4. The topological polar surface area (TPSA) is 63.1 Å². The van der Waals surface area contributed by atoms with E-state index in [1.807, 2.05) is 31.2 Å². The molecule has 23 heavy (non-hydrogen) atoms. The first-order valence-electron chi connectivity index (χ1n) is 7.42. The van der Waals surface area contributed by atoms with E-state index in [1.54, 1.807) is 16.6 Å². The maximum atomic E-state index is 12.3. The third-order valence-corrected chi connectivity index (χ3v) is 4.26. The molecule has 0 unspecified atom stereocenters.